The highest BCUT2D eigenvalue weighted by atomic mass is 16.2. The molecule has 1 atom stereocenters. The summed E-state index contributed by atoms with van der Waals surface area (Å²) < 4.78 is 0. The number of hydrogen-bond acceptors (Lipinski definition) is 3. The van der Waals surface area contributed by atoms with Gasteiger partial charge in [-0.3, -0.25) is 19.3 Å². The molecule has 1 saturated heterocycles. The quantitative estimate of drug-likeness (QED) is 0.775. The number of hydrogen-bond donors (Lipinski definition) is 0. The van der Waals surface area contributed by atoms with Gasteiger partial charge in [0, 0.05) is 19.0 Å². The lowest BCUT2D eigenvalue weighted by Gasteiger charge is -2.23. The van der Waals surface area contributed by atoms with Crippen molar-refractivity contribution in [1.29, 1.82) is 0 Å². The average Bonchev–Trinajstić information content (AvgIpc) is 3.03. The molecule has 2 aliphatic heterocycles. The third-order valence-electron chi connectivity index (χ3n) is 4.16. The van der Waals surface area contributed by atoms with Crippen LogP contribution >= 0.6 is 0 Å². The van der Waals surface area contributed by atoms with E-state index in [0.29, 0.717) is 30.6 Å². The lowest BCUT2D eigenvalue weighted by atomic mass is 10.1. The standard InChI is InChI=1S/C16H18N2O3/c1-10(2)14(19)17-8-7-11(9-17)18-15(20)12-5-3-4-6-13(12)16(18)21/h3-6,10-11H,7-9H2,1-2H3. The van der Waals surface area contributed by atoms with Gasteiger partial charge in [0.25, 0.3) is 11.8 Å². The number of imide groups is 1. The molecule has 0 radical (unpaired) electrons. The molecule has 2 heterocycles. The van der Waals surface area contributed by atoms with Crippen molar-refractivity contribution >= 4 is 17.7 Å². The van der Waals surface area contributed by atoms with Crippen molar-refractivity contribution in [3.05, 3.63) is 35.4 Å². The number of likely N-dealkylation sites (tertiary alicyclic amines) is 1. The van der Waals surface area contributed by atoms with Gasteiger partial charge < -0.3 is 4.90 Å². The molecule has 0 aromatic heterocycles. The molecule has 0 bridgehead atoms. The van der Waals surface area contributed by atoms with Gasteiger partial charge in [0.15, 0.2) is 0 Å². The van der Waals surface area contributed by atoms with Crippen LogP contribution in [0.4, 0.5) is 0 Å². The minimum Gasteiger partial charge on any atom is -0.340 e. The molecular formula is C16H18N2O3. The maximum absolute atomic E-state index is 12.4. The van der Waals surface area contributed by atoms with E-state index in [1.54, 1.807) is 29.2 Å². The van der Waals surface area contributed by atoms with Crippen LogP contribution in [0, 0.1) is 5.92 Å². The number of fused-ring (bicyclic) bond motifs is 1. The van der Waals surface area contributed by atoms with Gasteiger partial charge in [-0.05, 0) is 18.6 Å². The summed E-state index contributed by atoms with van der Waals surface area (Å²) in [7, 11) is 0. The van der Waals surface area contributed by atoms with E-state index in [-0.39, 0.29) is 29.7 Å². The average molecular weight is 286 g/mol. The highest BCUT2D eigenvalue weighted by molar-refractivity contribution is 6.21. The summed E-state index contributed by atoms with van der Waals surface area (Å²) in [6.45, 7) is 4.77. The molecule has 110 valence electrons. The van der Waals surface area contributed by atoms with Gasteiger partial charge in [0.05, 0.1) is 17.2 Å². The Morgan fingerprint density at radius 3 is 2.24 bits per heavy atom. The van der Waals surface area contributed by atoms with Crippen molar-refractivity contribution in [1.82, 2.24) is 9.80 Å². The van der Waals surface area contributed by atoms with Crippen LogP contribution in [0.3, 0.4) is 0 Å². The Morgan fingerprint density at radius 1 is 1.14 bits per heavy atom. The Labute approximate surface area is 123 Å². The van der Waals surface area contributed by atoms with Crippen LogP contribution in [-0.4, -0.2) is 46.7 Å². The van der Waals surface area contributed by atoms with E-state index in [1.165, 1.54) is 4.90 Å². The monoisotopic (exact) mass is 286 g/mol. The summed E-state index contributed by atoms with van der Waals surface area (Å²) >= 11 is 0. The Bertz CT molecular complexity index is 589. The third kappa shape index (κ3) is 2.13. The molecule has 1 aromatic carbocycles. The zero-order chi connectivity index (χ0) is 15.1. The van der Waals surface area contributed by atoms with Crippen LogP contribution in [-0.2, 0) is 4.79 Å². The van der Waals surface area contributed by atoms with Crippen LogP contribution in [0.15, 0.2) is 24.3 Å². The summed E-state index contributed by atoms with van der Waals surface area (Å²) in [5.74, 6) is -0.459. The fourth-order valence-electron chi connectivity index (χ4n) is 3.06. The van der Waals surface area contributed by atoms with Crippen molar-refractivity contribution in [3.63, 3.8) is 0 Å². The molecule has 3 amide bonds. The van der Waals surface area contributed by atoms with Crippen LogP contribution < -0.4 is 0 Å². The molecule has 1 unspecified atom stereocenters. The van der Waals surface area contributed by atoms with Crippen molar-refractivity contribution < 1.29 is 14.4 Å². The molecule has 0 spiro atoms. The van der Waals surface area contributed by atoms with E-state index in [2.05, 4.69) is 0 Å². The second-order valence-electron chi connectivity index (χ2n) is 5.91. The Hall–Kier alpha value is -2.17. The summed E-state index contributed by atoms with van der Waals surface area (Å²) in [5.41, 5.74) is 0.937. The van der Waals surface area contributed by atoms with Crippen LogP contribution in [0.2, 0.25) is 0 Å². The molecule has 1 fully saturated rings. The first kappa shape index (κ1) is 13.8. The molecule has 0 aliphatic carbocycles. The first-order valence-electron chi connectivity index (χ1n) is 7.26. The Kier molecular flexibility index (Phi) is 3.27. The van der Waals surface area contributed by atoms with E-state index < -0.39 is 0 Å². The second kappa shape index (κ2) is 4.98. The van der Waals surface area contributed by atoms with Gasteiger partial charge in [-0.2, -0.15) is 0 Å². The van der Waals surface area contributed by atoms with E-state index >= 15 is 0 Å². The van der Waals surface area contributed by atoms with Gasteiger partial charge in [-0.15, -0.1) is 0 Å². The van der Waals surface area contributed by atoms with Crippen LogP contribution in [0.25, 0.3) is 0 Å². The smallest absolute Gasteiger partial charge is 0.261 e. The number of amides is 3. The summed E-state index contributed by atoms with van der Waals surface area (Å²) in [6, 6.07) is 6.68. The van der Waals surface area contributed by atoms with Crippen molar-refractivity contribution in [2.75, 3.05) is 13.1 Å². The first-order valence-corrected chi connectivity index (χ1v) is 7.26. The number of benzene rings is 1. The number of carbonyl (C=O) groups excluding carboxylic acids is 3. The lowest BCUT2D eigenvalue weighted by Crippen LogP contribution is -2.42. The minimum atomic E-state index is -0.237. The highest BCUT2D eigenvalue weighted by Gasteiger charge is 2.42. The zero-order valence-electron chi connectivity index (χ0n) is 12.2. The highest BCUT2D eigenvalue weighted by Crippen LogP contribution is 2.28. The zero-order valence-corrected chi connectivity index (χ0v) is 12.2. The molecule has 0 N–H and O–H groups in total. The summed E-state index contributed by atoms with van der Waals surface area (Å²) in [5, 5.41) is 0. The van der Waals surface area contributed by atoms with Crippen LogP contribution in [0.1, 0.15) is 41.0 Å². The van der Waals surface area contributed by atoms with Crippen molar-refractivity contribution in [2.24, 2.45) is 5.92 Å². The van der Waals surface area contributed by atoms with Crippen LogP contribution in [0.5, 0.6) is 0 Å². The Balaban J connectivity index is 1.80. The second-order valence-corrected chi connectivity index (χ2v) is 5.91. The maximum Gasteiger partial charge on any atom is 0.261 e. The molecule has 1 aromatic rings. The molecule has 5 heteroatoms. The SMILES string of the molecule is CC(C)C(=O)N1CCC(N2C(=O)c3ccccc3C2=O)C1. The van der Waals surface area contributed by atoms with E-state index in [4.69, 9.17) is 0 Å². The van der Waals surface area contributed by atoms with Gasteiger partial charge >= 0.3 is 0 Å². The topological polar surface area (TPSA) is 57.7 Å². The van der Waals surface area contributed by atoms with E-state index in [1.807, 2.05) is 13.8 Å². The van der Waals surface area contributed by atoms with Crippen molar-refractivity contribution in [2.45, 2.75) is 26.3 Å². The maximum atomic E-state index is 12.4. The molecule has 2 aliphatic rings. The molecule has 3 rings (SSSR count). The molecule has 5 nitrogen and oxygen atoms in total. The fraction of sp³-hybridized carbons (Fsp3) is 0.438. The largest absolute Gasteiger partial charge is 0.340 e. The fourth-order valence-corrected chi connectivity index (χ4v) is 3.06. The first-order chi connectivity index (χ1) is 10.0. The summed E-state index contributed by atoms with van der Waals surface area (Å²) in [4.78, 5) is 39.9. The lowest BCUT2D eigenvalue weighted by molar-refractivity contribution is -0.133. The van der Waals surface area contributed by atoms with Gasteiger partial charge in [0.1, 0.15) is 0 Å². The minimum absolute atomic E-state index is 0.0640. The molecular weight excluding hydrogens is 268 g/mol. The molecule has 0 saturated carbocycles. The number of nitrogens with zero attached hydrogens (tertiary/aromatic N) is 2. The third-order valence-corrected chi connectivity index (χ3v) is 4.16. The van der Waals surface area contributed by atoms with Gasteiger partial charge in [0.2, 0.25) is 5.91 Å². The van der Waals surface area contributed by atoms with Crippen molar-refractivity contribution in [3.8, 4) is 0 Å². The van der Waals surface area contributed by atoms with E-state index in [0.717, 1.165) is 0 Å². The number of rotatable bonds is 2. The predicted molar refractivity (Wildman–Crippen MR) is 76.8 cm³/mol. The van der Waals surface area contributed by atoms with E-state index in [9.17, 15) is 14.4 Å². The van der Waals surface area contributed by atoms with Gasteiger partial charge in [-0.25, -0.2) is 0 Å². The number of carbonyl (C=O) groups is 3. The summed E-state index contributed by atoms with van der Waals surface area (Å²) in [6.07, 6.45) is 0.657. The normalized spacial score (nSPS) is 21.4. The molecule has 21 heavy (non-hydrogen) atoms. The predicted octanol–water partition coefficient (Wildman–Crippen LogP) is 1.54. The Morgan fingerprint density at radius 2 is 1.71 bits per heavy atom. The van der Waals surface area contributed by atoms with Gasteiger partial charge in [-0.1, -0.05) is 26.0 Å².